The van der Waals surface area contributed by atoms with E-state index in [-0.39, 0.29) is 17.8 Å². The van der Waals surface area contributed by atoms with Gasteiger partial charge in [-0.25, -0.2) is 4.68 Å². The summed E-state index contributed by atoms with van der Waals surface area (Å²) in [5.41, 5.74) is 0.216. The zero-order chi connectivity index (χ0) is 20.0. The van der Waals surface area contributed by atoms with E-state index in [1.54, 1.807) is 7.05 Å². The number of carbonyl (C=O) groups is 1. The van der Waals surface area contributed by atoms with Gasteiger partial charge in [0.1, 0.15) is 9.74 Å². The molecule has 8 nitrogen and oxygen atoms in total. The quantitative estimate of drug-likeness (QED) is 0.465. The van der Waals surface area contributed by atoms with Crippen LogP contribution in [0.15, 0.2) is 47.5 Å². The van der Waals surface area contributed by atoms with Crippen molar-refractivity contribution in [3.8, 4) is 5.75 Å². The van der Waals surface area contributed by atoms with Crippen LogP contribution in [0, 0.1) is 7.27 Å². The van der Waals surface area contributed by atoms with Crippen LogP contribution >= 0.6 is 45.2 Å². The van der Waals surface area contributed by atoms with Crippen LogP contribution in [0.5, 0.6) is 5.75 Å². The van der Waals surface area contributed by atoms with Gasteiger partial charge in [-0.05, 0) is 50.7 Å². The van der Waals surface area contributed by atoms with Gasteiger partial charge in [-0.15, -0.1) is 0 Å². The highest BCUT2D eigenvalue weighted by Crippen LogP contribution is 2.35. The minimum Gasteiger partial charge on any atom is -0.502 e. The Hall–Kier alpha value is -1.96. The van der Waals surface area contributed by atoms with Crippen molar-refractivity contribution in [3.05, 3.63) is 71.5 Å². The fourth-order valence-corrected chi connectivity index (χ4v) is 4.24. The Labute approximate surface area is 187 Å². The number of aromatic nitrogens is 4. The lowest BCUT2D eigenvalue weighted by molar-refractivity contribution is 0.0667. The van der Waals surface area contributed by atoms with Crippen molar-refractivity contribution in [2.45, 2.75) is 12.1 Å². The molecule has 144 valence electrons. The van der Waals surface area contributed by atoms with E-state index in [9.17, 15) is 14.7 Å². The molecule has 1 aliphatic rings. The van der Waals surface area contributed by atoms with E-state index in [0.29, 0.717) is 6.54 Å². The average molecular weight is 603 g/mol. The molecule has 2 unspecified atom stereocenters. The monoisotopic (exact) mass is 603 g/mol. The zero-order valence-electron chi connectivity index (χ0n) is 14.7. The first-order valence-electron chi connectivity index (χ1n) is 8.40. The highest BCUT2D eigenvalue weighted by Gasteiger charge is 2.39. The number of hydrogen-bond acceptors (Lipinski definition) is 5. The third-order valence-electron chi connectivity index (χ3n) is 4.75. The third kappa shape index (κ3) is 3.21. The second kappa shape index (κ2) is 7.46. The van der Waals surface area contributed by atoms with Crippen molar-refractivity contribution in [1.82, 2.24) is 24.5 Å². The molecule has 0 saturated carbocycles. The second-order valence-corrected chi connectivity index (χ2v) is 8.69. The Balaban J connectivity index is 1.95. The number of rotatable bonds is 3. The summed E-state index contributed by atoms with van der Waals surface area (Å²) >= 11 is 4.40. The van der Waals surface area contributed by atoms with Crippen LogP contribution in [-0.4, -0.2) is 49.1 Å². The van der Waals surface area contributed by atoms with Crippen molar-refractivity contribution in [2.24, 2.45) is 0 Å². The number of halogens is 2. The number of amides is 1. The molecule has 1 aliphatic heterocycles. The first-order chi connectivity index (χ1) is 13.4. The van der Waals surface area contributed by atoms with Crippen LogP contribution in [0.25, 0.3) is 0 Å². The number of carbonyl (C=O) groups excluding carboxylic acids is 1. The molecule has 0 saturated heterocycles. The van der Waals surface area contributed by atoms with E-state index in [1.807, 2.05) is 41.2 Å². The standard InChI is InChI=1S/C18H15I2N5O3/c1-23-9-12(25-15(18(23)28)16(27)13(26)7-21-25)14(10-5-3-2-4-6-10)24-8-11(19)17(20)22-24/h2-8,12,14,27H,9H2,1H3. The normalized spacial score (nSPS) is 17.5. The number of aromatic hydroxyl groups is 1. The zero-order valence-corrected chi connectivity index (χ0v) is 19.0. The molecule has 2 atom stereocenters. The molecule has 0 radical (unpaired) electrons. The largest absolute Gasteiger partial charge is 0.502 e. The molecule has 2 aromatic heterocycles. The lowest BCUT2D eigenvalue weighted by Gasteiger charge is -2.37. The first kappa shape index (κ1) is 19.4. The van der Waals surface area contributed by atoms with Crippen LogP contribution in [-0.2, 0) is 0 Å². The van der Waals surface area contributed by atoms with E-state index < -0.39 is 17.1 Å². The molecule has 10 heteroatoms. The predicted octanol–water partition coefficient (Wildman–Crippen LogP) is 2.27. The fourth-order valence-electron chi connectivity index (χ4n) is 3.46. The van der Waals surface area contributed by atoms with Gasteiger partial charge in [-0.2, -0.15) is 10.2 Å². The molecule has 4 rings (SSSR count). The van der Waals surface area contributed by atoms with E-state index >= 15 is 0 Å². The molecule has 0 aliphatic carbocycles. The van der Waals surface area contributed by atoms with Gasteiger partial charge in [0.05, 0.1) is 15.8 Å². The number of likely N-dealkylation sites (N-methyl/N-ethyl adjacent to an activating group) is 1. The summed E-state index contributed by atoms with van der Waals surface area (Å²) in [7, 11) is 1.65. The Bertz CT molecular complexity index is 1090. The molecule has 28 heavy (non-hydrogen) atoms. The molecular weight excluding hydrogens is 588 g/mol. The molecule has 1 amide bonds. The van der Waals surface area contributed by atoms with E-state index in [1.165, 1.54) is 9.58 Å². The van der Waals surface area contributed by atoms with Gasteiger partial charge in [-0.1, -0.05) is 30.3 Å². The predicted molar refractivity (Wildman–Crippen MR) is 118 cm³/mol. The molecule has 0 spiro atoms. The van der Waals surface area contributed by atoms with Crippen LogP contribution < -0.4 is 5.43 Å². The van der Waals surface area contributed by atoms with Crippen LogP contribution in [0.4, 0.5) is 0 Å². The summed E-state index contributed by atoms with van der Waals surface area (Å²) in [5, 5.41) is 19.1. The van der Waals surface area contributed by atoms with Crippen LogP contribution in [0.2, 0.25) is 0 Å². The second-order valence-electron chi connectivity index (χ2n) is 6.51. The number of hydrogen-bond donors (Lipinski definition) is 1. The van der Waals surface area contributed by atoms with Gasteiger partial charge in [0, 0.05) is 19.8 Å². The van der Waals surface area contributed by atoms with Gasteiger partial charge in [0.25, 0.3) is 5.91 Å². The van der Waals surface area contributed by atoms with Crippen molar-refractivity contribution >= 4 is 51.1 Å². The minimum absolute atomic E-state index is 0.0938. The van der Waals surface area contributed by atoms with E-state index in [2.05, 4.69) is 55.4 Å². The lowest BCUT2D eigenvalue weighted by Crippen LogP contribution is -2.46. The van der Waals surface area contributed by atoms with Crippen molar-refractivity contribution < 1.29 is 9.90 Å². The minimum atomic E-state index is -0.673. The molecule has 1 aromatic carbocycles. The van der Waals surface area contributed by atoms with Crippen molar-refractivity contribution in [2.75, 3.05) is 13.6 Å². The van der Waals surface area contributed by atoms with Gasteiger partial charge in [0.15, 0.2) is 11.4 Å². The maximum absolute atomic E-state index is 12.6. The number of fused-ring (bicyclic) bond motifs is 1. The Morgan fingerprint density at radius 3 is 2.57 bits per heavy atom. The molecular formula is C18H15I2N5O3. The summed E-state index contributed by atoms with van der Waals surface area (Å²) < 4.78 is 5.19. The third-order valence-corrected chi connectivity index (χ3v) is 7.37. The maximum atomic E-state index is 12.6. The van der Waals surface area contributed by atoms with Gasteiger partial charge in [-0.3, -0.25) is 14.3 Å². The van der Waals surface area contributed by atoms with E-state index in [0.717, 1.165) is 19.0 Å². The fraction of sp³-hybridized carbons (Fsp3) is 0.222. The lowest BCUT2D eigenvalue weighted by atomic mass is 9.97. The average Bonchev–Trinajstić information content (AvgIpc) is 3.01. The molecule has 0 fully saturated rings. The number of benzene rings is 1. The molecule has 3 aromatic rings. The summed E-state index contributed by atoms with van der Waals surface area (Å²) in [6, 6.07) is 9.14. The summed E-state index contributed by atoms with van der Waals surface area (Å²) in [6.07, 6.45) is 2.99. The summed E-state index contributed by atoms with van der Waals surface area (Å²) in [5.74, 6) is -1.01. The smallest absolute Gasteiger partial charge is 0.275 e. The Morgan fingerprint density at radius 1 is 1.21 bits per heavy atom. The van der Waals surface area contributed by atoms with Gasteiger partial charge < -0.3 is 10.0 Å². The van der Waals surface area contributed by atoms with Crippen molar-refractivity contribution in [3.63, 3.8) is 0 Å². The molecule has 3 heterocycles. The topological polar surface area (TPSA) is 93.2 Å². The van der Waals surface area contributed by atoms with Crippen LogP contribution in [0.3, 0.4) is 0 Å². The van der Waals surface area contributed by atoms with Crippen molar-refractivity contribution in [1.29, 1.82) is 0 Å². The highest BCUT2D eigenvalue weighted by molar-refractivity contribution is 14.1. The number of nitrogens with zero attached hydrogens (tertiary/aromatic N) is 5. The maximum Gasteiger partial charge on any atom is 0.275 e. The molecule has 0 bridgehead atoms. The first-order valence-corrected chi connectivity index (χ1v) is 10.6. The summed E-state index contributed by atoms with van der Waals surface area (Å²) in [6.45, 7) is 0.355. The van der Waals surface area contributed by atoms with Gasteiger partial charge in [0.2, 0.25) is 5.43 Å². The highest BCUT2D eigenvalue weighted by atomic mass is 127. The van der Waals surface area contributed by atoms with Crippen LogP contribution in [0.1, 0.15) is 28.1 Å². The molecule has 1 N–H and O–H groups in total. The van der Waals surface area contributed by atoms with E-state index in [4.69, 9.17) is 0 Å². The summed E-state index contributed by atoms with van der Waals surface area (Å²) in [4.78, 5) is 26.0. The Morgan fingerprint density at radius 2 is 1.93 bits per heavy atom. The Kier molecular flexibility index (Phi) is 5.16. The SMILES string of the molecule is CN1CC(C(c2ccccc2)n2cc(I)c(I)n2)n2ncc(=O)c(O)c2C1=O. The van der Waals surface area contributed by atoms with Gasteiger partial charge >= 0.3 is 0 Å².